The number of carbonyl (C=O) groups excluding carboxylic acids is 1. The van der Waals surface area contributed by atoms with E-state index >= 15 is 0 Å². The van der Waals surface area contributed by atoms with Gasteiger partial charge in [-0.15, -0.1) is 0 Å². The first-order valence-electron chi connectivity index (χ1n) is 8.40. The van der Waals surface area contributed by atoms with E-state index < -0.39 is 0 Å². The number of hydrogen-bond acceptors (Lipinski definition) is 4. The van der Waals surface area contributed by atoms with Crippen LogP contribution in [0, 0.1) is 11.7 Å². The molecule has 1 atom stereocenters. The number of benzene rings is 1. The Balaban J connectivity index is 1.57. The summed E-state index contributed by atoms with van der Waals surface area (Å²) in [6.45, 7) is 4.01. The van der Waals surface area contributed by atoms with Crippen molar-refractivity contribution in [1.29, 1.82) is 0 Å². The molecule has 5 nitrogen and oxygen atoms in total. The molecule has 2 aromatic rings. The van der Waals surface area contributed by atoms with E-state index in [4.69, 9.17) is 4.52 Å². The Morgan fingerprint density at radius 1 is 1.33 bits per heavy atom. The highest BCUT2D eigenvalue weighted by atomic mass is 19.1. The molecule has 0 spiro atoms. The maximum atomic E-state index is 12.9. The topological polar surface area (TPSA) is 68.0 Å². The van der Waals surface area contributed by atoms with Crippen LogP contribution in [0.5, 0.6) is 0 Å². The molecule has 1 aromatic carbocycles. The smallest absolute Gasteiger partial charge is 0.249 e. The predicted molar refractivity (Wildman–Crippen MR) is 86.7 cm³/mol. The van der Waals surface area contributed by atoms with Crippen molar-refractivity contribution < 1.29 is 13.7 Å². The van der Waals surface area contributed by atoms with Gasteiger partial charge >= 0.3 is 0 Å². The zero-order chi connectivity index (χ0) is 17.1. The molecule has 1 aromatic heterocycles. The summed E-state index contributed by atoms with van der Waals surface area (Å²) in [6.07, 6.45) is 3.11. The van der Waals surface area contributed by atoms with Crippen LogP contribution in [0.1, 0.15) is 62.3 Å². The highest BCUT2D eigenvalue weighted by Crippen LogP contribution is 2.38. The van der Waals surface area contributed by atoms with Crippen LogP contribution in [0.3, 0.4) is 0 Å². The molecule has 1 N–H and O–H groups in total. The fraction of sp³-hybridized carbons (Fsp3) is 0.500. The zero-order valence-electron chi connectivity index (χ0n) is 14.0. The molecule has 1 heterocycles. The van der Waals surface area contributed by atoms with Crippen molar-refractivity contribution in [2.75, 3.05) is 0 Å². The molecule has 1 fully saturated rings. The lowest BCUT2D eigenvalue weighted by molar-refractivity contribution is -0.122. The number of hydrogen-bond donors (Lipinski definition) is 1. The molecule has 0 unspecified atom stereocenters. The van der Waals surface area contributed by atoms with Gasteiger partial charge in [0.25, 0.3) is 0 Å². The highest BCUT2D eigenvalue weighted by Gasteiger charge is 2.31. The monoisotopic (exact) mass is 331 g/mol. The average molecular weight is 331 g/mol. The molecule has 0 saturated heterocycles. The van der Waals surface area contributed by atoms with Crippen molar-refractivity contribution >= 4 is 5.91 Å². The van der Waals surface area contributed by atoms with E-state index in [9.17, 15) is 9.18 Å². The quantitative estimate of drug-likeness (QED) is 0.843. The molecule has 0 aliphatic heterocycles. The fourth-order valence-corrected chi connectivity index (χ4v) is 2.55. The minimum absolute atomic E-state index is 0.0794. The van der Waals surface area contributed by atoms with Gasteiger partial charge in [-0.1, -0.05) is 31.1 Å². The van der Waals surface area contributed by atoms with Gasteiger partial charge in [0.1, 0.15) is 11.9 Å². The number of aryl methyl sites for hydroxylation is 1. The number of amides is 1. The number of rotatable bonds is 7. The number of nitrogens with one attached hydrogen (secondary N) is 1. The molecular formula is C18H22FN3O2. The van der Waals surface area contributed by atoms with Gasteiger partial charge in [0.2, 0.25) is 11.8 Å². The van der Waals surface area contributed by atoms with Crippen LogP contribution in [-0.2, 0) is 11.2 Å². The van der Waals surface area contributed by atoms with Gasteiger partial charge in [-0.05, 0) is 42.9 Å². The number of carbonyl (C=O) groups is 1. The van der Waals surface area contributed by atoms with Gasteiger partial charge < -0.3 is 9.84 Å². The lowest BCUT2D eigenvalue weighted by Gasteiger charge is -2.18. The van der Waals surface area contributed by atoms with Crippen molar-refractivity contribution in [3.05, 3.63) is 47.4 Å². The Labute approximate surface area is 140 Å². The van der Waals surface area contributed by atoms with Crippen LogP contribution < -0.4 is 5.32 Å². The molecule has 1 amide bonds. The summed E-state index contributed by atoms with van der Waals surface area (Å²) >= 11 is 0. The van der Waals surface area contributed by atoms with Gasteiger partial charge in [-0.3, -0.25) is 4.79 Å². The fourth-order valence-electron chi connectivity index (χ4n) is 2.55. The maximum Gasteiger partial charge on any atom is 0.249 e. The molecule has 1 aliphatic carbocycles. The van der Waals surface area contributed by atoms with Crippen LogP contribution in [0.25, 0.3) is 0 Å². The highest BCUT2D eigenvalue weighted by molar-refractivity contribution is 5.76. The molecule has 1 saturated carbocycles. The van der Waals surface area contributed by atoms with Crippen molar-refractivity contribution in [2.45, 2.75) is 51.5 Å². The molecule has 1 aliphatic rings. The van der Waals surface area contributed by atoms with E-state index in [2.05, 4.69) is 15.5 Å². The molecule has 0 radical (unpaired) electrons. The second-order valence-corrected chi connectivity index (χ2v) is 6.68. The second-order valence-electron chi connectivity index (χ2n) is 6.68. The van der Waals surface area contributed by atoms with Gasteiger partial charge in [-0.2, -0.15) is 4.98 Å². The van der Waals surface area contributed by atoms with E-state index in [1.54, 1.807) is 12.1 Å². The number of aromatic nitrogens is 2. The Kier molecular flexibility index (Phi) is 4.92. The molecule has 0 bridgehead atoms. The molecule has 128 valence electrons. The summed E-state index contributed by atoms with van der Waals surface area (Å²) in [5.41, 5.74) is 0.932. The first-order valence-corrected chi connectivity index (χ1v) is 8.40. The molecule has 24 heavy (non-hydrogen) atoms. The third-order valence-corrected chi connectivity index (χ3v) is 4.20. The summed E-state index contributed by atoms with van der Waals surface area (Å²) in [7, 11) is 0. The van der Waals surface area contributed by atoms with Crippen molar-refractivity contribution in [3.63, 3.8) is 0 Å². The Hall–Kier alpha value is -2.24. The SMILES string of the molecule is CC(C)[C@H](NC(=O)CCc1ccc(F)cc1)c1nc(C2CC2)no1. The van der Waals surface area contributed by atoms with Crippen molar-refractivity contribution in [3.8, 4) is 0 Å². The van der Waals surface area contributed by atoms with Crippen LogP contribution in [0.15, 0.2) is 28.8 Å². The van der Waals surface area contributed by atoms with Crippen LogP contribution in [-0.4, -0.2) is 16.0 Å². The summed E-state index contributed by atoms with van der Waals surface area (Å²) in [5.74, 6) is 1.44. The van der Waals surface area contributed by atoms with E-state index in [0.717, 1.165) is 24.2 Å². The Morgan fingerprint density at radius 3 is 2.67 bits per heavy atom. The van der Waals surface area contributed by atoms with E-state index in [1.165, 1.54) is 12.1 Å². The normalized spacial score (nSPS) is 15.5. The maximum absolute atomic E-state index is 12.9. The third kappa shape index (κ3) is 4.19. The predicted octanol–water partition coefficient (Wildman–Crippen LogP) is 3.53. The Bertz CT molecular complexity index is 693. The summed E-state index contributed by atoms with van der Waals surface area (Å²) in [4.78, 5) is 16.7. The minimum Gasteiger partial charge on any atom is -0.344 e. The lowest BCUT2D eigenvalue weighted by Crippen LogP contribution is -2.32. The van der Waals surface area contributed by atoms with Gasteiger partial charge in [0.15, 0.2) is 5.82 Å². The Morgan fingerprint density at radius 2 is 2.04 bits per heavy atom. The van der Waals surface area contributed by atoms with Crippen LogP contribution in [0.2, 0.25) is 0 Å². The van der Waals surface area contributed by atoms with E-state index in [0.29, 0.717) is 24.7 Å². The van der Waals surface area contributed by atoms with E-state index in [-0.39, 0.29) is 23.7 Å². The summed E-state index contributed by atoms with van der Waals surface area (Å²) in [6, 6.07) is 5.92. The second kappa shape index (κ2) is 7.11. The first-order chi connectivity index (χ1) is 11.5. The minimum atomic E-state index is -0.286. The average Bonchev–Trinajstić information content (AvgIpc) is 3.30. The van der Waals surface area contributed by atoms with Crippen LogP contribution >= 0.6 is 0 Å². The molecule has 3 rings (SSSR count). The van der Waals surface area contributed by atoms with Crippen molar-refractivity contribution in [2.24, 2.45) is 5.92 Å². The zero-order valence-corrected chi connectivity index (χ0v) is 14.0. The van der Waals surface area contributed by atoms with Gasteiger partial charge in [0, 0.05) is 12.3 Å². The largest absolute Gasteiger partial charge is 0.344 e. The first kappa shape index (κ1) is 16.6. The molecule has 6 heteroatoms. The van der Waals surface area contributed by atoms with Gasteiger partial charge in [-0.25, -0.2) is 4.39 Å². The lowest BCUT2D eigenvalue weighted by atomic mass is 10.0. The number of nitrogens with zero attached hydrogens (tertiary/aromatic N) is 2. The molecular weight excluding hydrogens is 309 g/mol. The summed E-state index contributed by atoms with van der Waals surface area (Å²) < 4.78 is 18.2. The standard InChI is InChI=1S/C18H22FN3O2/c1-11(2)16(18-21-17(22-24-18)13-6-7-13)20-15(23)10-5-12-3-8-14(19)9-4-12/h3-4,8-9,11,13,16H,5-7,10H2,1-2H3,(H,20,23)/t16-/m0/s1. The van der Waals surface area contributed by atoms with Crippen molar-refractivity contribution in [1.82, 2.24) is 15.5 Å². The van der Waals surface area contributed by atoms with Crippen LogP contribution in [0.4, 0.5) is 4.39 Å². The van der Waals surface area contributed by atoms with E-state index in [1.807, 2.05) is 13.8 Å². The van der Waals surface area contributed by atoms with Gasteiger partial charge in [0.05, 0.1) is 0 Å². The third-order valence-electron chi connectivity index (χ3n) is 4.20. The summed E-state index contributed by atoms with van der Waals surface area (Å²) in [5, 5.41) is 7.00. The number of halogens is 1.